The number of nitrogens with one attached hydrogen (secondary N) is 3. The van der Waals surface area contributed by atoms with Crippen LogP contribution in [0.4, 0.5) is 11.4 Å². The molecule has 0 aromatic heterocycles. The number of hydrogen-bond acceptors (Lipinski definition) is 7. The molecule has 214 valence electrons. The van der Waals surface area contributed by atoms with Gasteiger partial charge >= 0.3 is 5.97 Å². The molecule has 0 aliphatic carbocycles. The molecule has 4 aromatic rings. The van der Waals surface area contributed by atoms with Crippen molar-refractivity contribution >= 4 is 55.4 Å². The van der Waals surface area contributed by atoms with Crippen LogP contribution in [0.25, 0.3) is 12.2 Å². The number of amides is 1. The molecule has 0 spiro atoms. The van der Waals surface area contributed by atoms with Crippen molar-refractivity contribution in [1.82, 2.24) is 5.48 Å². The minimum absolute atomic E-state index is 0.00167. The molecule has 0 aliphatic rings. The van der Waals surface area contributed by atoms with Gasteiger partial charge in [0.2, 0.25) is 0 Å². The predicted molar refractivity (Wildman–Crippen MR) is 160 cm³/mol. The summed E-state index contributed by atoms with van der Waals surface area (Å²) in [5.41, 5.74) is 3.61. The summed E-state index contributed by atoms with van der Waals surface area (Å²) in [5, 5.41) is 0. The zero-order chi connectivity index (χ0) is 30.0. The first-order valence-electron chi connectivity index (χ1n) is 12.3. The van der Waals surface area contributed by atoms with Crippen LogP contribution in [-0.4, -0.2) is 28.7 Å². The van der Waals surface area contributed by atoms with E-state index in [9.17, 15) is 26.4 Å². The van der Waals surface area contributed by atoms with Gasteiger partial charge in [0.05, 0.1) is 9.79 Å². The summed E-state index contributed by atoms with van der Waals surface area (Å²) in [4.78, 5) is 28.9. The third-order valence-corrected chi connectivity index (χ3v) is 8.24. The molecule has 0 fully saturated rings. The van der Waals surface area contributed by atoms with Crippen molar-refractivity contribution < 1.29 is 31.3 Å². The molecule has 1 amide bonds. The molecule has 4 rings (SSSR count). The van der Waals surface area contributed by atoms with E-state index in [1.54, 1.807) is 72.8 Å². The average Bonchev–Trinajstić information content (AvgIpc) is 2.99. The van der Waals surface area contributed by atoms with Gasteiger partial charge in [0.15, 0.2) is 0 Å². The van der Waals surface area contributed by atoms with Crippen LogP contribution in [-0.2, 0) is 34.5 Å². The van der Waals surface area contributed by atoms with Crippen LogP contribution in [0, 0.1) is 0 Å². The lowest BCUT2D eigenvalue weighted by molar-refractivity contribution is -0.151. The maximum Gasteiger partial charge on any atom is 0.355 e. The van der Waals surface area contributed by atoms with Crippen molar-refractivity contribution in [3.05, 3.63) is 132 Å². The molecular formula is C30H25N3O7S2. The minimum atomic E-state index is -3.85. The standard InChI is InChI=1S/C30H25N3O7S2/c34-29(19-17-23-9-7-15-27(21-23)41(36,37)32-25-11-3-1-4-12-25)31-40-30(35)20-18-24-10-8-16-28(22-24)42(38,39)33-26-13-5-2-6-14-26/h1-22,32-33H,(H,31,34)/b19-17+,20-18+. The smallest absolute Gasteiger partial charge is 0.336 e. The molecule has 0 aliphatic heterocycles. The summed E-state index contributed by atoms with van der Waals surface area (Å²) in [6.07, 6.45) is 4.78. The van der Waals surface area contributed by atoms with Crippen LogP contribution in [0.5, 0.6) is 0 Å². The topological polar surface area (TPSA) is 148 Å². The van der Waals surface area contributed by atoms with E-state index in [1.165, 1.54) is 48.6 Å². The molecule has 0 saturated carbocycles. The number of hydroxylamine groups is 1. The molecule has 0 atom stereocenters. The van der Waals surface area contributed by atoms with Gasteiger partial charge in [0.1, 0.15) is 0 Å². The zero-order valence-electron chi connectivity index (χ0n) is 21.9. The Morgan fingerprint density at radius 2 is 1.02 bits per heavy atom. The second kappa shape index (κ2) is 13.4. The number of para-hydroxylation sites is 2. The number of benzene rings is 4. The summed E-state index contributed by atoms with van der Waals surface area (Å²) >= 11 is 0. The van der Waals surface area contributed by atoms with Crippen LogP contribution >= 0.6 is 0 Å². The minimum Gasteiger partial charge on any atom is -0.336 e. The lowest BCUT2D eigenvalue weighted by Crippen LogP contribution is -2.24. The second-order valence-corrected chi connectivity index (χ2v) is 12.0. The lowest BCUT2D eigenvalue weighted by Gasteiger charge is -2.08. The maximum atomic E-state index is 12.7. The number of hydrogen-bond donors (Lipinski definition) is 3. The van der Waals surface area contributed by atoms with Crippen molar-refractivity contribution in [2.24, 2.45) is 0 Å². The fourth-order valence-corrected chi connectivity index (χ4v) is 5.74. The van der Waals surface area contributed by atoms with Gasteiger partial charge in [-0.05, 0) is 71.8 Å². The predicted octanol–water partition coefficient (Wildman–Crippen LogP) is 4.59. The molecule has 0 saturated heterocycles. The Bertz CT molecular complexity index is 1700. The molecular weight excluding hydrogens is 578 g/mol. The number of carbonyl (C=O) groups excluding carboxylic acids is 2. The van der Waals surface area contributed by atoms with Crippen LogP contribution < -0.4 is 14.9 Å². The van der Waals surface area contributed by atoms with E-state index >= 15 is 0 Å². The van der Waals surface area contributed by atoms with Gasteiger partial charge in [0, 0.05) is 23.5 Å². The third-order valence-electron chi connectivity index (χ3n) is 5.48. The Balaban J connectivity index is 1.31. The molecule has 0 bridgehead atoms. The molecule has 3 N–H and O–H groups in total. The molecule has 10 nitrogen and oxygen atoms in total. The van der Waals surface area contributed by atoms with Crippen molar-refractivity contribution in [3.8, 4) is 0 Å². The summed E-state index contributed by atoms with van der Waals surface area (Å²) in [6, 6.07) is 28.6. The van der Waals surface area contributed by atoms with Crippen LogP contribution in [0.2, 0.25) is 0 Å². The van der Waals surface area contributed by atoms with Gasteiger partial charge in [-0.2, -0.15) is 5.48 Å². The highest BCUT2D eigenvalue weighted by Crippen LogP contribution is 2.19. The van der Waals surface area contributed by atoms with Gasteiger partial charge in [-0.3, -0.25) is 14.2 Å². The molecule has 0 radical (unpaired) electrons. The van der Waals surface area contributed by atoms with Crippen LogP contribution in [0.3, 0.4) is 0 Å². The van der Waals surface area contributed by atoms with Gasteiger partial charge in [-0.1, -0.05) is 60.7 Å². The SMILES string of the molecule is O=C(/C=C/c1cccc(S(=O)(=O)Nc2ccccc2)c1)NOC(=O)/C=C/c1cccc(S(=O)(=O)Nc2ccccc2)c1. The first-order chi connectivity index (χ1) is 20.1. The lowest BCUT2D eigenvalue weighted by atomic mass is 10.2. The fourth-order valence-electron chi connectivity index (χ4n) is 3.52. The molecule has 0 unspecified atom stereocenters. The number of rotatable bonds is 10. The summed E-state index contributed by atoms with van der Waals surface area (Å²) in [7, 11) is -7.70. The normalized spacial score (nSPS) is 11.7. The number of carbonyl (C=O) groups is 2. The van der Waals surface area contributed by atoms with Crippen LogP contribution in [0.15, 0.2) is 131 Å². The maximum absolute atomic E-state index is 12.7. The highest BCUT2D eigenvalue weighted by atomic mass is 32.2. The first kappa shape index (κ1) is 29.8. The van der Waals surface area contributed by atoms with Crippen molar-refractivity contribution in [2.75, 3.05) is 9.44 Å². The van der Waals surface area contributed by atoms with E-state index in [0.29, 0.717) is 22.5 Å². The second-order valence-electron chi connectivity index (χ2n) is 8.64. The van der Waals surface area contributed by atoms with Crippen LogP contribution in [0.1, 0.15) is 11.1 Å². The van der Waals surface area contributed by atoms with Gasteiger partial charge < -0.3 is 4.84 Å². The van der Waals surface area contributed by atoms with Crippen molar-refractivity contribution in [2.45, 2.75) is 9.79 Å². The monoisotopic (exact) mass is 603 g/mol. The Kier molecular flexibility index (Phi) is 9.53. The Morgan fingerprint density at radius 3 is 1.50 bits per heavy atom. The molecule has 42 heavy (non-hydrogen) atoms. The number of sulfonamides is 2. The Labute approximate surface area is 243 Å². The van der Waals surface area contributed by atoms with Gasteiger partial charge in [-0.25, -0.2) is 21.6 Å². The van der Waals surface area contributed by atoms with E-state index in [2.05, 4.69) is 9.44 Å². The highest BCUT2D eigenvalue weighted by Gasteiger charge is 2.15. The largest absolute Gasteiger partial charge is 0.355 e. The Morgan fingerprint density at radius 1 is 0.571 bits per heavy atom. The van der Waals surface area contributed by atoms with E-state index in [4.69, 9.17) is 4.84 Å². The first-order valence-corrected chi connectivity index (χ1v) is 15.3. The van der Waals surface area contributed by atoms with E-state index in [0.717, 1.165) is 12.2 Å². The molecule has 0 heterocycles. The summed E-state index contributed by atoms with van der Waals surface area (Å²) in [6.45, 7) is 0. The fraction of sp³-hybridized carbons (Fsp3) is 0. The summed E-state index contributed by atoms with van der Waals surface area (Å²) in [5.74, 6) is -1.68. The third kappa shape index (κ3) is 8.65. The quantitative estimate of drug-likeness (QED) is 0.177. The van der Waals surface area contributed by atoms with E-state index in [-0.39, 0.29) is 9.79 Å². The number of anilines is 2. The Hall–Kier alpha value is -5.20. The van der Waals surface area contributed by atoms with Crippen molar-refractivity contribution in [1.29, 1.82) is 0 Å². The molecule has 12 heteroatoms. The van der Waals surface area contributed by atoms with Crippen molar-refractivity contribution in [3.63, 3.8) is 0 Å². The van der Waals surface area contributed by atoms with Gasteiger partial charge in [0.25, 0.3) is 26.0 Å². The van der Waals surface area contributed by atoms with E-state index in [1.807, 2.05) is 5.48 Å². The average molecular weight is 604 g/mol. The summed E-state index contributed by atoms with van der Waals surface area (Å²) < 4.78 is 55.6. The molecule has 4 aromatic carbocycles. The highest BCUT2D eigenvalue weighted by molar-refractivity contribution is 7.93. The van der Waals surface area contributed by atoms with Gasteiger partial charge in [-0.15, -0.1) is 0 Å². The zero-order valence-corrected chi connectivity index (χ0v) is 23.5. The van der Waals surface area contributed by atoms with E-state index < -0.39 is 31.9 Å².